The van der Waals surface area contributed by atoms with E-state index in [2.05, 4.69) is 36.5 Å². The molecule has 3 nitrogen and oxygen atoms in total. The molecule has 0 aromatic heterocycles. The predicted octanol–water partition coefficient (Wildman–Crippen LogP) is 3.51. The summed E-state index contributed by atoms with van der Waals surface area (Å²) in [4.78, 5) is 10.8. The molecule has 2 N–H and O–H groups in total. The van der Waals surface area contributed by atoms with E-state index in [4.69, 9.17) is 5.11 Å². The monoisotopic (exact) mass is 295 g/mol. The highest BCUT2D eigenvalue weighted by atomic mass is 16.4. The van der Waals surface area contributed by atoms with Gasteiger partial charge in [0, 0.05) is 18.5 Å². The highest BCUT2D eigenvalue weighted by Crippen LogP contribution is 2.48. The van der Waals surface area contributed by atoms with Crippen LogP contribution in [0, 0.1) is 6.92 Å². The first-order valence-electron chi connectivity index (χ1n) is 7.70. The molecule has 0 saturated heterocycles. The maximum absolute atomic E-state index is 10.8. The second kappa shape index (κ2) is 5.93. The third-order valence-corrected chi connectivity index (χ3v) is 4.56. The molecule has 0 bridgehead atoms. The van der Waals surface area contributed by atoms with Crippen LogP contribution < -0.4 is 5.32 Å². The molecule has 1 saturated carbocycles. The zero-order chi connectivity index (χ0) is 15.6. The van der Waals surface area contributed by atoms with Gasteiger partial charge in [0.2, 0.25) is 0 Å². The lowest BCUT2D eigenvalue weighted by atomic mass is 9.92. The van der Waals surface area contributed by atoms with Crippen molar-refractivity contribution in [1.82, 2.24) is 5.32 Å². The second-order valence-corrected chi connectivity index (χ2v) is 6.20. The summed E-state index contributed by atoms with van der Waals surface area (Å²) in [7, 11) is 0. The Balaban J connectivity index is 1.59. The van der Waals surface area contributed by atoms with Crippen molar-refractivity contribution in [2.45, 2.75) is 31.7 Å². The van der Waals surface area contributed by atoms with Crippen molar-refractivity contribution in [2.75, 3.05) is 6.54 Å². The Morgan fingerprint density at radius 1 is 1.14 bits per heavy atom. The fourth-order valence-electron chi connectivity index (χ4n) is 3.07. The number of aryl methyl sites for hydroxylation is 1. The van der Waals surface area contributed by atoms with Crippen LogP contribution in [0.25, 0.3) is 0 Å². The van der Waals surface area contributed by atoms with E-state index < -0.39 is 5.97 Å². The molecule has 1 aliphatic rings. The standard InChI is InChI=1S/C19H21NO2/c1-14-4-2-3-5-17(14)19(10-11-19)13-20-12-15-6-8-16(9-7-15)18(21)22/h2-9,20H,10-13H2,1H3,(H,21,22). The van der Waals surface area contributed by atoms with Gasteiger partial charge in [0.05, 0.1) is 5.56 Å². The largest absolute Gasteiger partial charge is 0.478 e. The summed E-state index contributed by atoms with van der Waals surface area (Å²) in [6.07, 6.45) is 2.48. The Kier molecular flexibility index (Phi) is 3.99. The Labute approximate surface area is 131 Å². The fourth-order valence-corrected chi connectivity index (χ4v) is 3.07. The third kappa shape index (κ3) is 3.04. The molecule has 22 heavy (non-hydrogen) atoms. The van der Waals surface area contributed by atoms with Crippen molar-refractivity contribution in [3.8, 4) is 0 Å². The third-order valence-electron chi connectivity index (χ3n) is 4.56. The molecule has 0 spiro atoms. The minimum absolute atomic E-state index is 0.298. The summed E-state index contributed by atoms with van der Waals surface area (Å²) < 4.78 is 0. The topological polar surface area (TPSA) is 49.3 Å². The summed E-state index contributed by atoms with van der Waals surface area (Å²) >= 11 is 0. The van der Waals surface area contributed by atoms with Crippen LogP contribution in [0.4, 0.5) is 0 Å². The van der Waals surface area contributed by atoms with Crippen LogP contribution in [0.3, 0.4) is 0 Å². The molecule has 0 unspecified atom stereocenters. The molecule has 2 aromatic rings. The van der Waals surface area contributed by atoms with E-state index in [1.807, 2.05) is 12.1 Å². The van der Waals surface area contributed by atoms with Crippen molar-refractivity contribution < 1.29 is 9.90 Å². The summed E-state index contributed by atoms with van der Waals surface area (Å²) in [5, 5.41) is 12.4. The van der Waals surface area contributed by atoms with Gasteiger partial charge in [0.15, 0.2) is 0 Å². The molecule has 3 heteroatoms. The normalized spacial score (nSPS) is 15.5. The Morgan fingerprint density at radius 2 is 1.82 bits per heavy atom. The van der Waals surface area contributed by atoms with Gasteiger partial charge in [0.25, 0.3) is 0 Å². The number of hydrogen-bond donors (Lipinski definition) is 2. The smallest absolute Gasteiger partial charge is 0.335 e. The van der Waals surface area contributed by atoms with Crippen molar-refractivity contribution in [1.29, 1.82) is 0 Å². The SMILES string of the molecule is Cc1ccccc1C1(CNCc2ccc(C(=O)O)cc2)CC1. The number of hydrogen-bond acceptors (Lipinski definition) is 2. The summed E-state index contributed by atoms with van der Waals surface area (Å²) in [6.45, 7) is 3.92. The van der Waals surface area contributed by atoms with Crippen molar-refractivity contribution in [3.63, 3.8) is 0 Å². The Morgan fingerprint density at radius 3 is 2.41 bits per heavy atom. The van der Waals surface area contributed by atoms with Gasteiger partial charge in [-0.05, 0) is 48.6 Å². The van der Waals surface area contributed by atoms with E-state index in [0.717, 1.165) is 18.7 Å². The van der Waals surface area contributed by atoms with Crippen LogP contribution in [0.15, 0.2) is 48.5 Å². The number of carbonyl (C=O) groups is 1. The highest BCUT2D eigenvalue weighted by Gasteiger charge is 2.44. The van der Waals surface area contributed by atoms with Crippen molar-refractivity contribution in [3.05, 3.63) is 70.8 Å². The molecule has 1 fully saturated rings. The maximum atomic E-state index is 10.8. The number of nitrogens with one attached hydrogen (secondary N) is 1. The van der Waals surface area contributed by atoms with Gasteiger partial charge in [-0.1, -0.05) is 36.4 Å². The predicted molar refractivity (Wildman–Crippen MR) is 87.2 cm³/mol. The first-order valence-corrected chi connectivity index (χ1v) is 7.70. The van der Waals surface area contributed by atoms with E-state index in [9.17, 15) is 4.79 Å². The van der Waals surface area contributed by atoms with Crippen LogP contribution in [0.2, 0.25) is 0 Å². The van der Waals surface area contributed by atoms with E-state index in [0.29, 0.717) is 11.0 Å². The minimum Gasteiger partial charge on any atom is -0.478 e. The molecule has 0 amide bonds. The summed E-state index contributed by atoms with van der Waals surface area (Å²) in [5.41, 5.74) is 4.58. The van der Waals surface area contributed by atoms with E-state index in [1.54, 1.807) is 12.1 Å². The lowest BCUT2D eigenvalue weighted by Gasteiger charge is -2.19. The van der Waals surface area contributed by atoms with Crippen molar-refractivity contribution >= 4 is 5.97 Å². The van der Waals surface area contributed by atoms with Crippen LogP contribution >= 0.6 is 0 Å². The van der Waals surface area contributed by atoms with Crippen LogP contribution in [-0.4, -0.2) is 17.6 Å². The number of rotatable bonds is 6. The first kappa shape index (κ1) is 14.8. The van der Waals surface area contributed by atoms with Gasteiger partial charge < -0.3 is 10.4 Å². The molecule has 1 aliphatic carbocycles. The van der Waals surface area contributed by atoms with Crippen LogP contribution in [0.1, 0.15) is 39.9 Å². The lowest BCUT2D eigenvalue weighted by Crippen LogP contribution is -2.27. The second-order valence-electron chi connectivity index (χ2n) is 6.20. The zero-order valence-corrected chi connectivity index (χ0v) is 12.8. The maximum Gasteiger partial charge on any atom is 0.335 e. The average Bonchev–Trinajstić information content (AvgIpc) is 3.29. The fraction of sp³-hybridized carbons (Fsp3) is 0.316. The number of carboxylic acids is 1. The van der Waals surface area contributed by atoms with Gasteiger partial charge in [-0.25, -0.2) is 4.79 Å². The molecule has 0 atom stereocenters. The van der Waals surface area contributed by atoms with Gasteiger partial charge in [-0.15, -0.1) is 0 Å². The summed E-state index contributed by atoms with van der Waals surface area (Å²) in [5.74, 6) is -0.879. The van der Waals surface area contributed by atoms with Gasteiger partial charge >= 0.3 is 5.97 Å². The molecule has 0 aliphatic heterocycles. The Hall–Kier alpha value is -2.13. The van der Waals surface area contributed by atoms with Gasteiger partial charge in [-0.3, -0.25) is 0 Å². The molecule has 2 aromatic carbocycles. The highest BCUT2D eigenvalue weighted by molar-refractivity contribution is 5.87. The van der Waals surface area contributed by atoms with E-state index >= 15 is 0 Å². The molecular weight excluding hydrogens is 274 g/mol. The lowest BCUT2D eigenvalue weighted by molar-refractivity contribution is 0.0697. The number of carboxylic acid groups (broad SMARTS) is 1. The molecule has 3 rings (SSSR count). The number of aromatic carboxylic acids is 1. The Bertz CT molecular complexity index is 672. The molecule has 0 heterocycles. The zero-order valence-electron chi connectivity index (χ0n) is 12.8. The van der Waals surface area contributed by atoms with Gasteiger partial charge in [-0.2, -0.15) is 0 Å². The number of benzene rings is 2. The molecule has 0 radical (unpaired) electrons. The molecular formula is C19H21NO2. The van der Waals surface area contributed by atoms with Crippen LogP contribution in [-0.2, 0) is 12.0 Å². The average molecular weight is 295 g/mol. The quantitative estimate of drug-likeness (QED) is 0.857. The van der Waals surface area contributed by atoms with Crippen molar-refractivity contribution in [2.24, 2.45) is 0 Å². The van der Waals surface area contributed by atoms with Gasteiger partial charge in [0.1, 0.15) is 0 Å². The van der Waals surface area contributed by atoms with E-state index in [1.165, 1.54) is 24.0 Å². The first-order chi connectivity index (χ1) is 10.6. The summed E-state index contributed by atoms with van der Waals surface area (Å²) in [6, 6.07) is 15.7. The van der Waals surface area contributed by atoms with Crippen LogP contribution in [0.5, 0.6) is 0 Å². The van der Waals surface area contributed by atoms with E-state index in [-0.39, 0.29) is 0 Å². The molecule has 114 valence electrons. The minimum atomic E-state index is -0.879.